The Kier molecular flexibility index (Phi) is 4.87. The lowest BCUT2D eigenvalue weighted by atomic mass is 9.92. The van der Waals surface area contributed by atoms with Crippen molar-refractivity contribution < 1.29 is 9.90 Å². The van der Waals surface area contributed by atoms with Crippen LogP contribution in [0.5, 0.6) is 5.75 Å². The number of hydrogen-bond donors (Lipinski definition) is 4. The Morgan fingerprint density at radius 1 is 1.48 bits per heavy atom. The summed E-state index contributed by atoms with van der Waals surface area (Å²) in [7, 11) is 0. The number of rotatable bonds is 4. The van der Waals surface area contributed by atoms with Crippen molar-refractivity contribution in [1.82, 2.24) is 10.6 Å². The second-order valence-electron chi connectivity index (χ2n) is 7.13. The largest absolute Gasteiger partial charge is 0.508 e. The van der Waals surface area contributed by atoms with Gasteiger partial charge in [-0.2, -0.15) is 0 Å². The summed E-state index contributed by atoms with van der Waals surface area (Å²) in [6.07, 6.45) is 3.60. The van der Waals surface area contributed by atoms with Gasteiger partial charge in [-0.05, 0) is 49.3 Å². The quantitative estimate of drug-likeness (QED) is 0.677. The van der Waals surface area contributed by atoms with Gasteiger partial charge in [0.1, 0.15) is 5.75 Å². The van der Waals surface area contributed by atoms with E-state index in [-0.39, 0.29) is 29.7 Å². The Morgan fingerprint density at radius 2 is 2.30 bits per heavy atom. The summed E-state index contributed by atoms with van der Waals surface area (Å²) >= 11 is 0. The van der Waals surface area contributed by atoms with Gasteiger partial charge in [0, 0.05) is 30.6 Å². The lowest BCUT2D eigenvalue weighted by molar-refractivity contribution is -0.122. The number of phenolic OH excluding ortho intramolecular Hbond substituents is 1. The molecule has 1 aromatic rings. The fourth-order valence-corrected chi connectivity index (χ4v) is 3.92. The third-order valence-corrected chi connectivity index (χ3v) is 5.25. The van der Waals surface area contributed by atoms with E-state index in [0.717, 1.165) is 30.5 Å². The summed E-state index contributed by atoms with van der Waals surface area (Å²) in [4.78, 5) is 12.2. The van der Waals surface area contributed by atoms with Gasteiger partial charge in [-0.3, -0.25) is 4.79 Å². The molecule has 5 heteroatoms. The van der Waals surface area contributed by atoms with E-state index in [0.29, 0.717) is 18.9 Å². The topological polar surface area (TPSA) is 87.4 Å². The molecule has 1 aliphatic heterocycles. The maximum atomic E-state index is 12.2. The maximum absolute atomic E-state index is 12.2. The van der Waals surface area contributed by atoms with E-state index in [1.54, 1.807) is 6.07 Å². The second kappa shape index (κ2) is 6.89. The highest BCUT2D eigenvalue weighted by atomic mass is 16.3. The Morgan fingerprint density at radius 3 is 3.04 bits per heavy atom. The van der Waals surface area contributed by atoms with E-state index in [4.69, 9.17) is 5.73 Å². The molecule has 126 valence electrons. The normalized spacial score (nSPS) is 30.0. The van der Waals surface area contributed by atoms with Crippen LogP contribution in [-0.2, 0) is 11.2 Å². The molecule has 4 atom stereocenters. The van der Waals surface area contributed by atoms with Gasteiger partial charge in [-0.1, -0.05) is 19.1 Å². The third-order valence-electron chi connectivity index (χ3n) is 5.25. The number of aromatic hydroxyl groups is 1. The lowest BCUT2D eigenvalue weighted by Crippen LogP contribution is -2.42. The first-order chi connectivity index (χ1) is 11.0. The monoisotopic (exact) mass is 317 g/mol. The molecule has 0 aromatic heterocycles. The number of piperidine rings is 1. The van der Waals surface area contributed by atoms with Gasteiger partial charge in [-0.15, -0.1) is 0 Å². The van der Waals surface area contributed by atoms with Crippen LogP contribution in [0.1, 0.15) is 43.4 Å². The minimum atomic E-state index is -0.209. The number of amides is 1. The zero-order chi connectivity index (χ0) is 16.4. The molecular weight excluding hydrogens is 290 g/mol. The van der Waals surface area contributed by atoms with Gasteiger partial charge < -0.3 is 21.5 Å². The van der Waals surface area contributed by atoms with Gasteiger partial charge >= 0.3 is 0 Å². The molecule has 23 heavy (non-hydrogen) atoms. The molecule has 4 unspecified atom stereocenters. The fourth-order valence-electron chi connectivity index (χ4n) is 3.92. The minimum absolute atomic E-state index is 0.0870. The zero-order valence-electron chi connectivity index (χ0n) is 13.7. The highest BCUT2D eigenvalue weighted by Crippen LogP contribution is 2.39. The molecule has 5 N–H and O–H groups in total. The Labute approximate surface area is 137 Å². The highest BCUT2D eigenvalue weighted by molar-refractivity contribution is 5.76. The van der Waals surface area contributed by atoms with E-state index in [1.807, 2.05) is 12.1 Å². The van der Waals surface area contributed by atoms with Crippen LogP contribution >= 0.6 is 0 Å². The van der Waals surface area contributed by atoms with Gasteiger partial charge in [-0.25, -0.2) is 0 Å². The lowest BCUT2D eigenvalue weighted by Gasteiger charge is -2.28. The maximum Gasteiger partial charge on any atom is 0.221 e. The number of nitrogens with two attached hydrogens (primary N) is 1. The molecule has 3 rings (SSSR count). The smallest absolute Gasteiger partial charge is 0.221 e. The molecule has 1 amide bonds. The fraction of sp³-hybridized carbons (Fsp3) is 0.611. The number of phenols is 1. The van der Waals surface area contributed by atoms with Gasteiger partial charge in [0.05, 0.1) is 0 Å². The molecule has 2 aliphatic rings. The van der Waals surface area contributed by atoms with Crippen molar-refractivity contribution in [2.24, 2.45) is 17.6 Å². The summed E-state index contributed by atoms with van der Waals surface area (Å²) in [5.74, 6) is 1.20. The molecule has 1 fully saturated rings. The molecule has 0 bridgehead atoms. The van der Waals surface area contributed by atoms with Gasteiger partial charge in [0.15, 0.2) is 0 Å². The summed E-state index contributed by atoms with van der Waals surface area (Å²) in [6, 6.07) is 5.61. The average molecular weight is 317 g/mol. The van der Waals surface area contributed by atoms with Crippen LogP contribution in [-0.4, -0.2) is 30.1 Å². The molecule has 1 aliphatic carbocycles. The van der Waals surface area contributed by atoms with Gasteiger partial charge in [0.2, 0.25) is 5.91 Å². The summed E-state index contributed by atoms with van der Waals surface area (Å²) in [6.45, 7) is 3.81. The van der Waals surface area contributed by atoms with E-state index in [1.165, 1.54) is 6.42 Å². The van der Waals surface area contributed by atoms with Crippen LogP contribution in [0, 0.1) is 11.8 Å². The number of hydrogen-bond acceptors (Lipinski definition) is 4. The Bertz CT molecular complexity index is 575. The predicted octanol–water partition coefficient (Wildman–Crippen LogP) is 1.46. The molecule has 1 aromatic carbocycles. The highest BCUT2D eigenvalue weighted by Gasteiger charge is 2.32. The number of fused-ring (bicyclic) bond motifs is 1. The summed E-state index contributed by atoms with van der Waals surface area (Å²) in [5.41, 5.74) is 8.20. The SMILES string of the molecule is CC1CCNC(CC(=O)NCC2Cc3cccc(O)c3C2N)C1. The molecular formula is C18H27N3O2. The second-order valence-corrected chi connectivity index (χ2v) is 7.13. The van der Waals surface area contributed by atoms with Crippen LogP contribution in [0.15, 0.2) is 18.2 Å². The number of nitrogens with one attached hydrogen (secondary N) is 2. The van der Waals surface area contributed by atoms with Crippen LogP contribution in [0.25, 0.3) is 0 Å². The first-order valence-electron chi connectivity index (χ1n) is 8.61. The molecule has 1 saturated heterocycles. The predicted molar refractivity (Wildman–Crippen MR) is 90.0 cm³/mol. The van der Waals surface area contributed by atoms with Crippen molar-refractivity contribution in [1.29, 1.82) is 0 Å². The van der Waals surface area contributed by atoms with Gasteiger partial charge in [0.25, 0.3) is 0 Å². The van der Waals surface area contributed by atoms with E-state index in [9.17, 15) is 9.90 Å². The van der Waals surface area contributed by atoms with Crippen LogP contribution < -0.4 is 16.4 Å². The third kappa shape index (κ3) is 3.67. The van der Waals surface area contributed by atoms with E-state index in [2.05, 4.69) is 17.6 Å². The van der Waals surface area contributed by atoms with Crippen molar-refractivity contribution in [3.8, 4) is 5.75 Å². The van der Waals surface area contributed by atoms with E-state index < -0.39 is 0 Å². The number of benzene rings is 1. The van der Waals surface area contributed by atoms with E-state index >= 15 is 0 Å². The first kappa shape index (κ1) is 16.3. The summed E-state index contributed by atoms with van der Waals surface area (Å²) in [5, 5.41) is 16.4. The summed E-state index contributed by atoms with van der Waals surface area (Å²) < 4.78 is 0. The van der Waals surface area contributed by atoms with Crippen LogP contribution in [0.3, 0.4) is 0 Å². The molecule has 5 nitrogen and oxygen atoms in total. The zero-order valence-corrected chi connectivity index (χ0v) is 13.7. The number of carbonyl (C=O) groups is 1. The van der Waals surface area contributed by atoms with Crippen LogP contribution in [0.4, 0.5) is 0 Å². The average Bonchev–Trinajstić information content (AvgIpc) is 2.83. The number of carbonyl (C=O) groups excluding carboxylic acids is 1. The molecule has 0 radical (unpaired) electrons. The van der Waals surface area contributed by atoms with Crippen molar-refractivity contribution in [3.63, 3.8) is 0 Å². The van der Waals surface area contributed by atoms with Crippen molar-refractivity contribution in [2.45, 2.75) is 44.7 Å². The minimum Gasteiger partial charge on any atom is -0.508 e. The molecule has 0 saturated carbocycles. The standard InChI is InChI=1S/C18H27N3O2/c1-11-5-6-20-14(7-11)9-16(23)21-10-13-8-12-3-2-4-15(22)17(12)18(13)19/h2-4,11,13-14,18,20,22H,5-10,19H2,1H3,(H,21,23). The molecule has 0 spiro atoms. The van der Waals surface area contributed by atoms with Crippen molar-refractivity contribution in [3.05, 3.63) is 29.3 Å². The first-order valence-corrected chi connectivity index (χ1v) is 8.61. The Balaban J connectivity index is 1.49. The van der Waals surface area contributed by atoms with Crippen LogP contribution in [0.2, 0.25) is 0 Å². The Hall–Kier alpha value is -1.59. The van der Waals surface area contributed by atoms with Crippen molar-refractivity contribution >= 4 is 5.91 Å². The molecule has 1 heterocycles. The van der Waals surface area contributed by atoms with Crippen molar-refractivity contribution in [2.75, 3.05) is 13.1 Å².